The number of hydroxylamine groups is 1. The van der Waals surface area contributed by atoms with Crippen molar-refractivity contribution >= 4 is 17.6 Å². The number of anilines is 1. The van der Waals surface area contributed by atoms with Gasteiger partial charge in [0.15, 0.2) is 11.5 Å². The summed E-state index contributed by atoms with van der Waals surface area (Å²) in [4.78, 5) is 27.2. The van der Waals surface area contributed by atoms with Crippen LogP contribution in [0.2, 0.25) is 0 Å². The molecule has 2 amide bonds. The number of carbonyl (C=O) groups excluding carboxylic acids is 2. The summed E-state index contributed by atoms with van der Waals surface area (Å²) in [5.74, 6) is -1.04. The van der Waals surface area contributed by atoms with E-state index >= 15 is 0 Å². The largest absolute Gasteiger partial charge is 0.380 e. The average molecular weight is 409 g/mol. The van der Waals surface area contributed by atoms with Crippen LogP contribution in [0.25, 0.3) is 5.69 Å². The van der Waals surface area contributed by atoms with Crippen molar-refractivity contribution in [2.24, 2.45) is 0 Å². The Morgan fingerprint density at radius 3 is 2.23 bits per heavy atom. The molecule has 0 saturated carbocycles. The molecule has 0 unspecified atom stereocenters. The molecular weight excluding hydrogens is 386 g/mol. The number of nitrogen functional groups attached to an aromatic ring is 1. The molecule has 0 aliphatic rings. The minimum atomic E-state index is -0.607. The molecular formula is C20H23N7O3. The number of rotatable bonds is 7. The lowest BCUT2D eigenvalue weighted by atomic mass is 10.1. The SMILES string of the molecule is CN(C)Cc1ccc(-n2nc(N)c(C(=O)NCc3ccc(C(=O)NO)cc3)n2)cc1. The van der Waals surface area contributed by atoms with E-state index < -0.39 is 11.8 Å². The third-order valence-corrected chi connectivity index (χ3v) is 4.29. The number of aromatic nitrogens is 3. The third-order valence-electron chi connectivity index (χ3n) is 4.29. The fourth-order valence-corrected chi connectivity index (χ4v) is 2.80. The van der Waals surface area contributed by atoms with Crippen molar-refractivity contribution in [2.45, 2.75) is 13.1 Å². The van der Waals surface area contributed by atoms with Crippen LogP contribution in [0.15, 0.2) is 48.5 Å². The highest BCUT2D eigenvalue weighted by Gasteiger charge is 2.17. The van der Waals surface area contributed by atoms with Gasteiger partial charge in [-0.25, -0.2) is 5.48 Å². The lowest BCUT2D eigenvalue weighted by Crippen LogP contribution is -2.24. The molecule has 0 fully saturated rings. The van der Waals surface area contributed by atoms with Gasteiger partial charge in [0.2, 0.25) is 0 Å². The first kappa shape index (κ1) is 21.0. The van der Waals surface area contributed by atoms with Crippen molar-refractivity contribution in [3.05, 3.63) is 70.9 Å². The number of hydrogen-bond acceptors (Lipinski definition) is 7. The van der Waals surface area contributed by atoms with Gasteiger partial charge in [-0.3, -0.25) is 14.8 Å². The Hall–Kier alpha value is -3.76. The van der Waals surface area contributed by atoms with Gasteiger partial charge in [-0.1, -0.05) is 24.3 Å². The standard InChI is InChI=1S/C20H23N7O3/c1-26(2)12-14-5-9-16(10-6-14)27-23-17(18(21)24-27)20(29)22-11-13-3-7-15(8-4-13)19(28)25-30/h3-10,30H,11-12H2,1-2H3,(H2,21,24)(H,22,29)(H,25,28). The number of nitrogens with two attached hydrogens (primary N) is 1. The molecule has 0 saturated heterocycles. The van der Waals surface area contributed by atoms with Gasteiger partial charge in [0, 0.05) is 18.7 Å². The summed E-state index contributed by atoms with van der Waals surface area (Å²) in [7, 11) is 3.99. The van der Waals surface area contributed by atoms with Crippen LogP contribution in [-0.2, 0) is 13.1 Å². The molecule has 0 radical (unpaired) electrons. The molecule has 1 aromatic heterocycles. The first-order chi connectivity index (χ1) is 14.4. The fraction of sp³-hybridized carbons (Fsp3) is 0.200. The van der Waals surface area contributed by atoms with Gasteiger partial charge in [0.05, 0.1) is 5.69 Å². The van der Waals surface area contributed by atoms with E-state index in [-0.39, 0.29) is 18.1 Å². The van der Waals surface area contributed by atoms with Gasteiger partial charge >= 0.3 is 0 Å². The smallest absolute Gasteiger partial charge is 0.275 e. The van der Waals surface area contributed by atoms with E-state index in [2.05, 4.69) is 20.4 Å². The highest BCUT2D eigenvalue weighted by molar-refractivity contribution is 5.96. The second-order valence-electron chi connectivity index (χ2n) is 6.95. The lowest BCUT2D eigenvalue weighted by Gasteiger charge is -2.09. The maximum Gasteiger partial charge on any atom is 0.275 e. The first-order valence-electron chi connectivity index (χ1n) is 9.16. The zero-order valence-corrected chi connectivity index (χ0v) is 16.7. The topological polar surface area (TPSA) is 138 Å². The van der Waals surface area contributed by atoms with Gasteiger partial charge in [-0.05, 0) is 49.5 Å². The molecule has 0 atom stereocenters. The Morgan fingerprint density at radius 2 is 1.63 bits per heavy atom. The van der Waals surface area contributed by atoms with E-state index in [1.165, 1.54) is 16.9 Å². The average Bonchev–Trinajstić information content (AvgIpc) is 3.13. The predicted molar refractivity (Wildman–Crippen MR) is 110 cm³/mol. The molecule has 10 heteroatoms. The highest BCUT2D eigenvalue weighted by atomic mass is 16.5. The number of nitrogens with one attached hydrogen (secondary N) is 2. The van der Waals surface area contributed by atoms with E-state index in [4.69, 9.17) is 10.9 Å². The van der Waals surface area contributed by atoms with E-state index in [9.17, 15) is 9.59 Å². The zero-order valence-electron chi connectivity index (χ0n) is 16.7. The number of hydrogen-bond donors (Lipinski definition) is 4. The van der Waals surface area contributed by atoms with Crippen molar-refractivity contribution in [3.8, 4) is 5.69 Å². The van der Waals surface area contributed by atoms with Gasteiger partial charge in [-0.15, -0.1) is 15.0 Å². The summed E-state index contributed by atoms with van der Waals surface area (Å²) < 4.78 is 0. The quantitative estimate of drug-likeness (QED) is 0.337. The molecule has 156 valence electrons. The van der Waals surface area contributed by atoms with Crippen molar-refractivity contribution in [1.82, 2.24) is 30.7 Å². The van der Waals surface area contributed by atoms with E-state index in [1.54, 1.807) is 17.6 Å². The van der Waals surface area contributed by atoms with Crippen LogP contribution < -0.4 is 16.5 Å². The molecule has 3 rings (SSSR count). The summed E-state index contributed by atoms with van der Waals surface area (Å²) in [6, 6.07) is 14.1. The highest BCUT2D eigenvalue weighted by Crippen LogP contribution is 2.13. The molecule has 0 spiro atoms. The Bertz CT molecular complexity index is 1030. The molecule has 30 heavy (non-hydrogen) atoms. The Labute approximate surface area is 173 Å². The lowest BCUT2D eigenvalue weighted by molar-refractivity contribution is 0.0706. The van der Waals surface area contributed by atoms with Crippen LogP contribution in [0.5, 0.6) is 0 Å². The molecule has 2 aromatic carbocycles. The molecule has 5 N–H and O–H groups in total. The van der Waals surface area contributed by atoms with E-state index in [0.717, 1.165) is 17.7 Å². The number of amides is 2. The number of nitrogens with zero attached hydrogens (tertiary/aromatic N) is 4. The van der Waals surface area contributed by atoms with Crippen LogP contribution >= 0.6 is 0 Å². The molecule has 10 nitrogen and oxygen atoms in total. The van der Waals surface area contributed by atoms with Crippen molar-refractivity contribution in [3.63, 3.8) is 0 Å². The summed E-state index contributed by atoms with van der Waals surface area (Å²) in [6.07, 6.45) is 0. The maximum atomic E-state index is 12.5. The second-order valence-corrected chi connectivity index (χ2v) is 6.95. The number of carbonyl (C=O) groups is 2. The molecule has 0 bridgehead atoms. The molecule has 0 aliphatic carbocycles. The van der Waals surface area contributed by atoms with Gasteiger partial charge in [0.1, 0.15) is 0 Å². The van der Waals surface area contributed by atoms with Crippen LogP contribution in [-0.4, -0.2) is 51.0 Å². The Kier molecular flexibility index (Phi) is 6.40. The Balaban J connectivity index is 1.65. The maximum absolute atomic E-state index is 12.5. The number of benzene rings is 2. The van der Waals surface area contributed by atoms with E-state index in [1.807, 2.05) is 38.4 Å². The predicted octanol–water partition coefficient (Wildman–Crippen LogP) is 0.960. The van der Waals surface area contributed by atoms with Crippen molar-refractivity contribution in [2.75, 3.05) is 19.8 Å². The Morgan fingerprint density at radius 1 is 1.00 bits per heavy atom. The normalized spacial score (nSPS) is 10.8. The monoisotopic (exact) mass is 409 g/mol. The van der Waals surface area contributed by atoms with Crippen LogP contribution in [0.3, 0.4) is 0 Å². The second kappa shape index (κ2) is 9.16. The molecule has 0 aliphatic heterocycles. The third kappa shape index (κ3) is 4.99. The molecule has 1 heterocycles. The van der Waals surface area contributed by atoms with Crippen LogP contribution in [0.1, 0.15) is 32.0 Å². The van der Waals surface area contributed by atoms with Gasteiger partial charge in [-0.2, -0.15) is 0 Å². The zero-order chi connectivity index (χ0) is 21.7. The minimum absolute atomic E-state index is 0.0276. The van der Waals surface area contributed by atoms with Gasteiger partial charge < -0.3 is 16.0 Å². The summed E-state index contributed by atoms with van der Waals surface area (Å²) >= 11 is 0. The summed E-state index contributed by atoms with van der Waals surface area (Å²) in [5.41, 5.74) is 10.4. The van der Waals surface area contributed by atoms with Crippen LogP contribution in [0.4, 0.5) is 5.82 Å². The molecule has 3 aromatic rings. The van der Waals surface area contributed by atoms with Crippen molar-refractivity contribution < 1.29 is 14.8 Å². The van der Waals surface area contributed by atoms with Crippen LogP contribution in [0, 0.1) is 0 Å². The summed E-state index contributed by atoms with van der Waals surface area (Å²) in [6.45, 7) is 1.03. The van der Waals surface area contributed by atoms with Crippen molar-refractivity contribution in [1.29, 1.82) is 0 Å². The fourth-order valence-electron chi connectivity index (χ4n) is 2.80. The first-order valence-corrected chi connectivity index (χ1v) is 9.16. The minimum Gasteiger partial charge on any atom is -0.380 e. The van der Waals surface area contributed by atoms with Gasteiger partial charge in [0.25, 0.3) is 11.8 Å². The summed E-state index contributed by atoms with van der Waals surface area (Å²) in [5, 5.41) is 19.7. The van der Waals surface area contributed by atoms with E-state index in [0.29, 0.717) is 11.3 Å².